The van der Waals surface area contributed by atoms with Crippen LogP contribution >= 0.6 is 11.6 Å². The summed E-state index contributed by atoms with van der Waals surface area (Å²) in [5, 5.41) is 16.1. The molecule has 0 spiro atoms. The van der Waals surface area contributed by atoms with Crippen LogP contribution in [0.1, 0.15) is 21.5 Å². The first-order valence-electron chi connectivity index (χ1n) is 3.82. The van der Waals surface area contributed by atoms with Gasteiger partial charge in [0.1, 0.15) is 0 Å². The summed E-state index contributed by atoms with van der Waals surface area (Å²) in [7, 11) is 0. The van der Waals surface area contributed by atoms with Gasteiger partial charge in [0, 0.05) is 0 Å². The van der Waals surface area contributed by atoms with Gasteiger partial charge < -0.3 is 5.11 Å². The Morgan fingerprint density at radius 1 is 1.44 bits per heavy atom. The number of hydrogen-bond donors (Lipinski definition) is 1. The summed E-state index contributed by atoms with van der Waals surface area (Å²) in [5.41, 5.74) is -2.81. The molecule has 0 unspecified atom stereocenters. The Labute approximate surface area is 92.7 Å². The maximum Gasteiger partial charge on any atom is 0.419 e. The molecule has 0 radical (unpaired) electrons. The number of carbonyl (C=O) groups is 1. The van der Waals surface area contributed by atoms with Gasteiger partial charge in [0.05, 0.1) is 27.8 Å². The van der Waals surface area contributed by atoms with Crippen molar-refractivity contribution in [2.75, 3.05) is 0 Å². The van der Waals surface area contributed by atoms with Crippen LogP contribution in [0, 0.1) is 11.3 Å². The molecule has 3 nitrogen and oxygen atoms in total. The standard InChI is InChI=1S/C9H3ClF3NO2/c10-7-5(8(15)16)2-1-4(3-14)6(7)9(11,12)13/h1-2H,(H,15,16). The summed E-state index contributed by atoms with van der Waals surface area (Å²) >= 11 is 5.32. The third kappa shape index (κ3) is 2.09. The van der Waals surface area contributed by atoms with Gasteiger partial charge in [-0.1, -0.05) is 11.6 Å². The van der Waals surface area contributed by atoms with Gasteiger partial charge >= 0.3 is 12.1 Å². The third-order valence-corrected chi connectivity index (χ3v) is 2.17. The predicted octanol–water partition coefficient (Wildman–Crippen LogP) is 2.93. The Morgan fingerprint density at radius 2 is 2.00 bits per heavy atom. The molecule has 84 valence electrons. The van der Waals surface area contributed by atoms with Crippen LogP contribution in [0.25, 0.3) is 0 Å². The summed E-state index contributed by atoms with van der Waals surface area (Å²) in [6.45, 7) is 0. The van der Waals surface area contributed by atoms with Crippen molar-refractivity contribution in [3.8, 4) is 6.07 Å². The van der Waals surface area contributed by atoms with Gasteiger partial charge in [-0.25, -0.2) is 4.79 Å². The molecule has 0 amide bonds. The summed E-state index contributed by atoms with van der Waals surface area (Å²) in [4.78, 5) is 10.6. The molecule has 0 aromatic heterocycles. The van der Waals surface area contributed by atoms with Gasteiger partial charge in [-0.05, 0) is 12.1 Å². The fourth-order valence-corrected chi connectivity index (χ4v) is 1.46. The van der Waals surface area contributed by atoms with E-state index in [0.717, 1.165) is 12.1 Å². The molecule has 1 aromatic carbocycles. The molecule has 0 saturated heterocycles. The molecule has 0 bridgehead atoms. The molecule has 0 aliphatic heterocycles. The zero-order valence-corrected chi connectivity index (χ0v) is 8.23. The second kappa shape index (κ2) is 4.02. The van der Waals surface area contributed by atoms with Gasteiger partial charge in [0.15, 0.2) is 0 Å². The van der Waals surface area contributed by atoms with Crippen molar-refractivity contribution in [3.05, 3.63) is 33.8 Å². The van der Waals surface area contributed by atoms with Crippen molar-refractivity contribution >= 4 is 17.6 Å². The topological polar surface area (TPSA) is 61.1 Å². The quantitative estimate of drug-likeness (QED) is 0.832. The van der Waals surface area contributed by atoms with Crippen molar-refractivity contribution < 1.29 is 23.1 Å². The van der Waals surface area contributed by atoms with E-state index in [1.54, 1.807) is 0 Å². The average Bonchev–Trinajstić information content (AvgIpc) is 2.14. The summed E-state index contributed by atoms with van der Waals surface area (Å²) in [5.74, 6) is -1.58. The number of hydrogen-bond acceptors (Lipinski definition) is 2. The second-order valence-electron chi connectivity index (χ2n) is 2.76. The van der Waals surface area contributed by atoms with E-state index < -0.39 is 33.9 Å². The maximum absolute atomic E-state index is 12.5. The highest BCUT2D eigenvalue weighted by Gasteiger charge is 2.37. The highest BCUT2D eigenvalue weighted by molar-refractivity contribution is 6.34. The van der Waals surface area contributed by atoms with Crippen molar-refractivity contribution in [1.29, 1.82) is 5.26 Å². The van der Waals surface area contributed by atoms with E-state index in [0.29, 0.717) is 0 Å². The minimum atomic E-state index is -4.87. The molecule has 1 N–H and O–H groups in total. The lowest BCUT2D eigenvalue weighted by atomic mass is 10.0. The largest absolute Gasteiger partial charge is 0.478 e. The molecule has 0 fully saturated rings. The first-order valence-corrected chi connectivity index (χ1v) is 4.20. The van der Waals surface area contributed by atoms with E-state index in [2.05, 4.69) is 0 Å². The first kappa shape index (κ1) is 12.3. The lowest BCUT2D eigenvalue weighted by molar-refractivity contribution is -0.137. The maximum atomic E-state index is 12.5. The van der Waals surface area contributed by atoms with Gasteiger partial charge in [-0.3, -0.25) is 0 Å². The summed E-state index contributed by atoms with van der Waals surface area (Å²) in [6, 6.07) is 2.95. The minimum Gasteiger partial charge on any atom is -0.478 e. The first-order chi connectivity index (χ1) is 7.29. The van der Waals surface area contributed by atoms with E-state index >= 15 is 0 Å². The summed E-state index contributed by atoms with van der Waals surface area (Å²) < 4.78 is 37.5. The normalized spacial score (nSPS) is 10.9. The van der Waals surface area contributed by atoms with Gasteiger partial charge in [-0.2, -0.15) is 18.4 Å². The number of alkyl halides is 3. The number of carboxylic acids is 1. The van der Waals surface area contributed by atoms with Crippen LogP contribution in [0.15, 0.2) is 12.1 Å². The molecular formula is C9H3ClF3NO2. The van der Waals surface area contributed by atoms with Crippen LogP contribution in [0.2, 0.25) is 5.02 Å². The lowest BCUT2D eigenvalue weighted by Crippen LogP contribution is -2.12. The molecular weight excluding hydrogens is 247 g/mol. The molecule has 0 atom stereocenters. The SMILES string of the molecule is N#Cc1ccc(C(=O)O)c(Cl)c1C(F)(F)F. The molecule has 16 heavy (non-hydrogen) atoms. The zero-order chi connectivity index (χ0) is 12.5. The minimum absolute atomic E-state index is 0.687. The molecule has 0 aliphatic carbocycles. The van der Waals surface area contributed by atoms with Crippen molar-refractivity contribution in [2.24, 2.45) is 0 Å². The number of nitriles is 1. The van der Waals surface area contributed by atoms with Crippen LogP contribution in [0.3, 0.4) is 0 Å². The number of benzene rings is 1. The van der Waals surface area contributed by atoms with Crippen LogP contribution in [0.4, 0.5) is 13.2 Å². The highest BCUT2D eigenvalue weighted by Crippen LogP contribution is 2.38. The lowest BCUT2D eigenvalue weighted by Gasteiger charge is -2.12. The van der Waals surface area contributed by atoms with Crippen LogP contribution in [-0.2, 0) is 6.18 Å². The number of rotatable bonds is 1. The van der Waals surface area contributed by atoms with Gasteiger partial charge in [0.25, 0.3) is 0 Å². The number of carboxylic acid groups (broad SMARTS) is 1. The average molecular weight is 250 g/mol. The molecule has 0 saturated carbocycles. The number of aromatic carboxylic acids is 1. The smallest absolute Gasteiger partial charge is 0.419 e. The van der Waals surface area contributed by atoms with Crippen LogP contribution in [0.5, 0.6) is 0 Å². The Hall–Kier alpha value is -1.74. The third-order valence-electron chi connectivity index (χ3n) is 1.78. The Morgan fingerprint density at radius 3 is 2.38 bits per heavy atom. The van der Waals surface area contributed by atoms with Crippen LogP contribution in [-0.4, -0.2) is 11.1 Å². The van der Waals surface area contributed by atoms with Crippen molar-refractivity contribution in [3.63, 3.8) is 0 Å². The highest BCUT2D eigenvalue weighted by atomic mass is 35.5. The fourth-order valence-electron chi connectivity index (χ4n) is 1.11. The zero-order valence-electron chi connectivity index (χ0n) is 7.47. The molecule has 1 aromatic rings. The van der Waals surface area contributed by atoms with Crippen molar-refractivity contribution in [2.45, 2.75) is 6.18 Å². The molecule has 7 heteroatoms. The van der Waals surface area contributed by atoms with Crippen molar-refractivity contribution in [1.82, 2.24) is 0 Å². The Bertz CT molecular complexity index is 491. The van der Waals surface area contributed by atoms with E-state index in [9.17, 15) is 18.0 Å². The van der Waals surface area contributed by atoms with E-state index in [1.807, 2.05) is 0 Å². The Kier molecular flexibility index (Phi) is 3.10. The Balaban J connectivity index is 3.62. The molecule has 1 rings (SSSR count). The van der Waals surface area contributed by atoms with E-state index in [1.165, 1.54) is 6.07 Å². The van der Waals surface area contributed by atoms with Crippen LogP contribution < -0.4 is 0 Å². The van der Waals surface area contributed by atoms with E-state index in [4.69, 9.17) is 22.0 Å². The van der Waals surface area contributed by atoms with Gasteiger partial charge in [-0.15, -0.1) is 0 Å². The second-order valence-corrected chi connectivity index (χ2v) is 3.14. The fraction of sp³-hybridized carbons (Fsp3) is 0.111. The summed E-state index contributed by atoms with van der Waals surface area (Å²) in [6.07, 6.45) is -4.87. The molecule has 0 aliphatic rings. The number of halogens is 4. The number of nitrogens with zero attached hydrogens (tertiary/aromatic N) is 1. The predicted molar refractivity (Wildman–Crippen MR) is 48.1 cm³/mol. The van der Waals surface area contributed by atoms with Gasteiger partial charge in [0.2, 0.25) is 0 Å². The van der Waals surface area contributed by atoms with E-state index in [-0.39, 0.29) is 0 Å². The monoisotopic (exact) mass is 249 g/mol. The molecule has 0 heterocycles.